The lowest BCUT2D eigenvalue weighted by atomic mass is 9.72. The average Bonchev–Trinajstić information content (AvgIpc) is 2.37. The summed E-state index contributed by atoms with van der Waals surface area (Å²) in [5, 5.41) is 0. The van der Waals surface area contributed by atoms with Crippen molar-refractivity contribution in [3.05, 3.63) is 71.4 Å². The molecule has 0 fully saturated rings. The van der Waals surface area contributed by atoms with Crippen molar-refractivity contribution in [1.82, 2.24) is 0 Å². The van der Waals surface area contributed by atoms with Gasteiger partial charge in [0.25, 0.3) is 0 Å². The highest BCUT2D eigenvalue weighted by Gasteiger charge is 2.27. The maximum Gasteiger partial charge on any atom is 0.00662 e. The Morgan fingerprint density at radius 3 is 2.45 bits per heavy atom. The van der Waals surface area contributed by atoms with Crippen LogP contribution < -0.4 is 0 Å². The molecule has 0 spiro atoms. The second-order valence-electron chi connectivity index (χ2n) is 6.23. The average molecular weight is 268 g/mol. The van der Waals surface area contributed by atoms with Crippen molar-refractivity contribution in [3.63, 3.8) is 0 Å². The minimum Gasteiger partial charge on any atom is -0.0847 e. The normalized spacial score (nSPS) is 23.7. The van der Waals surface area contributed by atoms with Gasteiger partial charge in [0.15, 0.2) is 0 Å². The van der Waals surface area contributed by atoms with E-state index in [0.717, 1.165) is 0 Å². The molecule has 1 aliphatic carbocycles. The third kappa shape index (κ3) is 4.85. The minimum atomic E-state index is 0.201. The first-order valence-corrected chi connectivity index (χ1v) is 7.39. The van der Waals surface area contributed by atoms with Gasteiger partial charge in [-0.15, -0.1) is 0 Å². The smallest absolute Gasteiger partial charge is 0.00662 e. The predicted molar refractivity (Wildman–Crippen MR) is 91.6 cm³/mol. The van der Waals surface area contributed by atoms with Crippen molar-refractivity contribution >= 4 is 0 Å². The van der Waals surface area contributed by atoms with Crippen molar-refractivity contribution in [3.8, 4) is 0 Å². The van der Waals surface area contributed by atoms with Gasteiger partial charge in [-0.25, -0.2) is 0 Å². The first-order valence-electron chi connectivity index (χ1n) is 7.39. The van der Waals surface area contributed by atoms with Crippen LogP contribution in [0.1, 0.15) is 41.5 Å². The van der Waals surface area contributed by atoms with Gasteiger partial charge in [-0.05, 0) is 33.1 Å². The highest BCUT2D eigenvalue weighted by atomic mass is 14.3. The van der Waals surface area contributed by atoms with Gasteiger partial charge in [-0.3, -0.25) is 0 Å². The first kappa shape index (κ1) is 16.5. The molecular formula is C20H28. The van der Waals surface area contributed by atoms with Crippen molar-refractivity contribution in [2.45, 2.75) is 41.5 Å². The van der Waals surface area contributed by atoms with E-state index in [1.54, 1.807) is 0 Å². The zero-order chi connectivity index (χ0) is 15.2. The molecule has 0 aromatic rings. The molecule has 1 rings (SSSR count). The van der Waals surface area contributed by atoms with Gasteiger partial charge >= 0.3 is 0 Å². The number of allylic oxidation sites excluding steroid dienone is 12. The summed E-state index contributed by atoms with van der Waals surface area (Å²) >= 11 is 0. The van der Waals surface area contributed by atoms with E-state index >= 15 is 0 Å². The fourth-order valence-corrected chi connectivity index (χ4v) is 2.39. The Morgan fingerprint density at radius 1 is 1.15 bits per heavy atom. The lowest BCUT2D eigenvalue weighted by molar-refractivity contribution is 0.381. The summed E-state index contributed by atoms with van der Waals surface area (Å²) in [5.41, 5.74) is 4.20. The molecule has 0 aliphatic heterocycles. The maximum absolute atomic E-state index is 2.33. The molecule has 1 unspecified atom stereocenters. The summed E-state index contributed by atoms with van der Waals surface area (Å²) in [4.78, 5) is 0. The Balaban J connectivity index is 2.77. The summed E-state index contributed by atoms with van der Waals surface area (Å²) < 4.78 is 0. The predicted octanol–water partition coefficient (Wildman–Crippen LogP) is 6.17. The number of hydrogen-bond donors (Lipinski definition) is 0. The van der Waals surface area contributed by atoms with Crippen LogP contribution in [0.15, 0.2) is 71.4 Å². The van der Waals surface area contributed by atoms with Gasteiger partial charge in [0.05, 0.1) is 0 Å². The molecule has 0 amide bonds. The van der Waals surface area contributed by atoms with E-state index in [-0.39, 0.29) is 5.41 Å². The summed E-state index contributed by atoms with van der Waals surface area (Å²) in [5.74, 6) is 0.483. The van der Waals surface area contributed by atoms with Crippen molar-refractivity contribution < 1.29 is 0 Å². The molecule has 0 aromatic carbocycles. The Hall–Kier alpha value is -1.56. The van der Waals surface area contributed by atoms with Crippen LogP contribution in [0, 0.1) is 11.3 Å². The number of hydrogen-bond acceptors (Lipinski definition) is 0. The second-order valence-corrected chi connectivity index (χ2v) is 6.23. The highest BCUT2D eigenvalue weighted by Crippen LogP contribution is 2.37. The van der Waals surface area contributed by atoms with E-state index in [2.05, 4.69) is 96.2 Å². The van der Waals surface area contributed by atoms with Gasteiger partial charge in [-0.1, -0.05) is 85.3 Å². The van der Waals surface area contributed by atoms with E-state index in [1.807, 2.05) is 0 Å². The Labute approximate surface area is 125 Å². The molecule has 0 heteroatoms. The summed E-state index contributed by atoms with van der Waals surface area (Å²) in [6, 6.07) is 0. The van der Waals surface area contributed by atoms with Crippen LogP contribution in [-0.2, 0) is 0 Å². The van der Waals surface area contributed by atoms with E-state index < -0.39 is 0 Å². The van der Waals surface area contributed by atoms with Crippen LogP contribution in [0.3, 0.4) is 0 Å². The van der Waals surface area contributed by atoms with E-state index in [9.17, 15) is 0 Å². The summed E-state index contributed by atoms with van der Waals surface area (Å²) in [6.07, 6.45) is 19.8. The molecule has 1 aliphatic rings. The highest BCUT2D eigenvalue weighted by molar-refractivity contribution is 5.32. The third-order valence-electron chi connectivity index (χ3n) is 3.90. The maximum atomic E-state index is 2.33. The Morgan fingerprint density at radius 2 is 1.85 bits per heavy atom. The largest absolute Gasteiger partial charge is 0.0847 e. The fraction of sp³-hybridized carbons (Fsp3) is 0.400. The van der Waals surface area contributed by atoms with Crippen LogP contribution in [0.5, 0.6) is 0 Å². The Bertz CT molecular complexity index is 502. The fourth-order valence-electron chi connectivity index (χ4n) is 2.39. The third-order valence-corrected chi connectivity index (χ3v) is 3.90. The molecule has 108 valence electrons. The molecule has 0 heterocycles. The van der Waals surface area contributed by atoms with E-state index in [0.29, 0.717) is 5.92 Å². The molecule has 0 saturated carbocycles. The van der Waals surface area contributed by atoms with Crippen molar-refractivity contribution in [2.75, 3.05) is 0 Å². The second kappa shape index (κ2) is 7.28. The molecule has 20 heavy (non-hydrogen) atoms. The zero-order valence-corrected chi connectivity index (χ0v) is 13.8. The van der Waals surface area contributed by atoms with E-state index in [4.69, 9.17) is 0 Å². The molecule has 0 aromatic heterocycles. The Kier molecular flexibility index (Phi) is 6.01. The molecule has 0 radical (unpaired) electrons. The summed E-state index contributed by atoms with van der Waals surface area (Å²) in [6.45, 7) is 13.1. The quantitative estimate of drug-likeness (QED) is 0.535. The topological polar surface area (TPSA) is 0 Å². The van der Waals surface area contributed by atoms with Gasteiger partial charge in [-0.2, -0.15) is 0 Å². The van der Waals surface area contributed by atoms with Crippen LogP contribution in [-0.4, -0.2) is 0 Å². The molecule has 0 nitrogen and oxygen atoms in total. The van der Waals surface area contributed by atoms with Crippen LogP contribution in [0.4, 0.5) is 0 Å². The standard InChI is InChI=1S/C20H28/c1-7-16(2)10-8-11-17(3)13-14-19-18(4)12-9-15-20(19,5)6/h7-15,19H,1-6H3/b10-8+,14-13+,16-7-,17-11+. The lowest BCUT2D eigenvalue weighted by Crippen LogP contribution is -2.23. The van der Waals surface area contributed by atoms with Crippen molar-refractivity contribution in [2.24, 2.45) is 11.3 Å². The molecule has 0 N–H and O–H groups in total. The van der Waals surface area contributed by atoms with E-state index in [1.165, 1.54) is 16.7 Å². The van der Waals surface area contributed by atoms with Crippen LogP contribution in [0.25, 0.3) is 0 Å². The SMILES string of the molecule is C\C=C(C)/C=C/C=C(C)/C=C/C1C(C)=CC=CC1(C)C. The number of rotatable bonds is 4. The van der Waals surface area contributed by atoms with Crippen molar-refractivity contribution in [1.29, 1.82) is 0 Å². The summed E-state index contributed by atoms with van der Waals surface area (Å²) in [7, 11) is 0. The molecule has 0 bridgehead atoms. The monoisotopic (exact) mass is 268 g/mol. The minimum absolute atomic E-state index is 0.201. The first-order chi connectivity index (χ1) is 9.36. The molecule has 0 saturated heterocycles. The van der Waals surface area contributed by atoms with Crippen LogP contribution in [0.2, 0.25) is 0 Å². The van der Waals surface area contributed by atoms with Gasteiger partial charge in [0.1, 0.15) is 0 Å². The van der Waals surface area contributed by atoms with Gasteiger partial charge < -0.3 is 0 Å². The van der Waals surface area contributed by atoms with Crippen LogP contribution >= 0.6 is 0 Å². The molecular weight excluding hydrogens is 240 g/mol. The lowest BCUT2D eigenvalue weighted by Gasteiger charge is -2.32. The van der Waals surface area contributed by atoms with Gasteiger partial charge in [0, 0.05) is 5.92 Å². The zero-order valence-electron chi connectivity index (χ0n) is 13.8. The molecule has 1 atom stereocenters. The van der Waals surface area contributed by atoms with Gasteiger partial charge in [0.2, 0.25) is 0 Å².